The van der Waals surface area contributed by atoms with Crippen molar-refractivity contribution in [2.45, 2.75) is 152 Å². The van der Waals surface area contributed by atoms with Crippen molar-refractivity contribution in [3.8, 4) is 0 Å². The van der Waals surface area contributed by atoms with E-state index in [0.717, 1.165) is 25.7 Å². The maximum absolute atomic E-state index is 11.5. The number of hydrogen-bond acceptors (Lipinski definition) is 2. The molecule has 0 aromatic carbocycles. The Bertz CT molecular complexity index is 302. The summed E-state index contributed by atoms with van der Waals surface area (Å²) in [5, 5.41) is 0. The zero-order valence-electron chi connectivity index (χ0n) is 18.1. The van der Waals surface area contributed by atoms with E-state index >= 15 is 0 Å². The average molecular weight is 397 g/mol. The van der Waals surface area contributed by atoms with Gasteiger partial charge in [-0.15, -0.1) is 0 Å². The molecule has 0 aromatic heterocycles. The first kappa shape index (κ1) is 23.4. The minimum absolute atomic E-state index is 0.231. The van der Waals surface area contributed by atoms with Crippen molar-refractivity contribution >= 4 is 8.56 Å². The number of rotatable bonds is 2. The van der Waals surface area contributed by atoms with Gasteiger partial charge in [0, 0.05) is 11.1 Å². The van der Waals surface area contributed by atoms with Crippen LogP contribution in [0.25, 0.3) is 0 Å². The van der Waals surface area contributed by atoms with Gasteiger partial charge in [-0.2, -0.15) is 0 Å². The molecule has 0 spiro atoms. The van der Waals surface area contributed by atoms with Gasteiger partial charge in [0.2, 0.25) is 0 Å². The van der Waals surface area contributed by atoms with E-state index in [-0.39, 0.29) is 11.1 Å². The van der Waals surface area contributed by atoms with Crippen molar-refractivity contribution in [3.63, 3.8) is 0 Å². The first-order valence-electron chi connectivity index (χ1n) is 12.7. The molecule has 2 fully saturated rings. The summed E-state index contributed by atoms with van der Waals surface area (Å²) in [7, 11) is -3.15. The molecule has 0 aromatic rings. The minimum Gasteiger partial charge on any atom is -0.410 e. The van der Waals surface area contributed by atoms with Gasteiger partial charge in [-0.1, -0.05) is 116 Å². The first-order valence-corrected chi connectivity index (χ1v) is 14.7. The van der Waals surface area contributed by atoms with Gasteiger partial charge >= 0.3 is 8.56 Å². The normalized spacial score (nSPS) is 25.6. The predicted molar refractivity (Wildman–Crippen MR) is 119 cm³/mol. The lowest BCUT2D eigenvalue weighted by atomic mass is 10.0. The van der Waals surface area contributed by atoms with Crippen molar-refractivity contribution < 1.29 is 9.59 Å². The monoisotopic (exact) mass is 396 g/mol. The fourth-order valence-electron chi connectivity index (χ4n) is 5.51. The molecule has 0 heterocycles. The molecule has 0 amide bonds. The second-order valence-corrected chi connectivity index (χ2v) is 12.9. The van der Waals surface area contributed by atoms with Crippen molar-refractivity contribution in [1.29, 1.82) is 0 Å². The van der Waals surface area contributed by atoms with Gasteiger partial charge in [-0.3, -0.25) is 0 Å². The van der Waals surface area contributed by atoms with Crippen molar-refractivity contribution in [2.24, 2.45) is 0 Å². The summed E-state index contributed by atoms with van der Waals surface area (Å²) in [6.07, 6.45) is 28.1. The van der Waals surface area contributed by atoms with E-state index in [1.54, 1.807) is 0 Å². The minimum atomic E-state index is -3.15. The molecule has 2 saturated carbocycles. The summed E-state index contributed by atoms with van der Waals surface area (Å²) in [6.45, 7) is 0. The molecule has 2 nitrogen and oxygen atoms in total. The average Bonchev–Trinajstić information content (AvgIpc) is 2.62. The maximum Gasteiger partial charge on any atom is 0.339 e. The molecule has 0 saturated heterocycles. The Morgan fingerprint density at radius 1 is 0.333 bits per heavy atom. The quantitative estimate of drug-likeness (QED) is 0.468. The van der Waals surface area contributed by atoms with E-state index in [9.17, 15) is 9.59 Å². The van der Waals surface area contributed by atoms with E-state index in [2.05, 4.69) is 0 Å². The molecule has 2 aliphatic rings. The first-order chi connectivity index (χ1) is 13.2. The summed E-state index contributed by atoms with van der Waals surface area (Å²) >= 11 is 0. The third-order valence-corrected chi connectivity index (χ3v) is 11.0. The highest BCUT2D eigenvalue weighted by atomic mass is 28.4. The van der Waals surface area contributed by atoms with E-state index < -0.39 is 8.56 Å². The summed E-state index contributed by atoms with van der Waals surface area (Å²) in [5.74, 6) is 0. The van der Waals surface area contributed by atoms with Gasteiger partial charge in [0.15, 0.2) is 0 Å². The highest BCUT2D eigenvalue weighted by Crippen LogP contribution is 2.42. The van der Waals surface area contributed by atoms with Gasteiger partial charge in [-0.05, 0) is 25.7 Å². The van der Waals surface area contributed by atoms with Crippen LogP contribution in [0.5, 0.6) is 0 Å². The summed E-state index contributed by atoms with van der Waals surface area (Å²) in [4.78, 5) is 22.9. The molecular weight excluding hydrogens is 348 g/mol. The van der Waals surface area contributed by atoms with Crippen LogP contribution in [0.2, 0.25) is 11.1 Å². The number of hydrogen-bond donors (Lipinski definition) is 2. The van der Waals surface area contributed by atoms with Gasteiger partial charge in [0.25, 0.3) is 0 Å². The predicted octanol–water partition coefficient (Wildman–Crippen LogP) is 7.76. The molecule has 2 aliphatic carbocycles. The van der Waals surface area contributed by atoms with Crippen molar-refractivity contribution in [2.75, 3.05) is 0 Å². The van der Waals surface area contributed by atoms with Gasteiger partial charge in [0.1, 0.15) is 0 Å². The fraction of sp³-hybridized carbons (Fsp3) is 1.00. The van der Waals surface area contributed by atoms with E-state index in [1.165, 1.54) is 116 Å². The Kier molecular flexibility index (Phi) is 12.3. The molecule has 160 valence electrons. The van der Waals surface area contributed by atoms with Crippen LogP contribution in [0.3, 0.4) is 0 Å². The largest absolute Gasteiger partial charge is 0.410 e. The Morgan fingerprint density at radius 2 is 0.519 bits per heavy atom. The van der Waals surface area contributed by atoms with Crippen LogP contribution >= 0.6 is 0 Å². The zero-order valence-corrected chi connectivity index (χ0v) is 19.1. The summed E-state index contributed by atoms with van der Waals surface area (Å²) in [5.41, 5.74) is 0.463. The molecule has 0 aliphatic heterocycles. The highest BCUT2D eigenvalue weighted by Gasteiger charge is 2.45. The van der Waals surface area contributed by atoms with Gasteiger partial charge < -0.3 is 9.59 Å². The Hall–Kier alpha value is 0.137. The van der Waals surface area contributed by atoms with Crippen LogP contribution in [-0.4, -0.2) is 18.2 Å². The van der Waals surface area contributed by atoms with E-state index in [4.69, 9.17) is 0 Å². The summed E-state index contributed by atoms with van der Waals surface area (Å²) < 4.78 is 0. The molecule has 0 atom stereocenters. The SMILES string of the molecule is O[Si](O)(C1CCCCCCCCCCC1)C1CCCCCCCCCCC1. The van der Waals surface area contributed by atoms with Crippen molar-refractivity contribution in [3.05, 3.63) is 0 Å². The smallest absolute Gasteiger partial charge is 0.339 e. The summed E-state index contributed by atoms with van der Waals surface area (Å²) in [6, 6.07) is 0. The third kappa shape index (κ3) is 9.45. The van der Waals surface area contributed by atoms with Crippen LogP contribution in [0, 0.1) is 0 Å². The van der Waals surface area contributed by atoms with Crippen LogP contribution in [0.4, 0.5) is 0 Å². The highest BCUT2D eigenvalue weighted by molar-refractivity contribution is 6.67. The molecule has 2 rings (SSSR count). The molecule has 0 unspecified atom stereocenters. The van der Waals surface area contributed by atoms with Crippen LogP contribution in [0.15, 0.2) is 0 Å². The fourth-order valence-corrected chi connectivity index (χ4v) is 8.69. The second-order valence-electron chi connectivity index (χ2n) is 9.70. The lowest BCUT2D eigenvalue weighted by Gasteiger charge is -2.36. The van der Waals surface area contributed by atoms with E-state index in [0.29, 0.717) is 0 Å². The van der Waals surface area contributed by atoms with Gasteiger partial charge in [0.05, 0.1) is 0 Å². The van der Waals surface area contributed by atoms with Crippen molar-refractivity contribution in [1.82, 2.24) is 0 Å². The lowest BCUT2D eigenvalue weighted by Crippen LogP contribution is -2.46. The molecule has 0 bridgehead atoms. The third-order valence-electron chi connectivity index (χ3n) is 7.41. The van der Waals surface area contributed by atoms with Gasteiger partial charge in [-0.25, -0.2) is 0 Å². The molecule has 27 heavy (non-hydrogen) atoms. The second kappa shape index (κ2) is 14.2. The molecule has 3 heteroatoms. The standard InChI is InChI=1S/C24H48O2Si/c25-27(26,23-19-15-11-7-3-1-4-8-12-16-20-23)24-21-17-13-9-5-2-6-10-14-18-22-24/h23-26H,1-22H2. The van der Waals surface area contributed by atoms with E-state index in [1.807, 2.05) is 0 Å². The molecule has 2 N–H and O–H groups in total. The topological polar surface area (TPSA) is 40.5 Å². The zero-order chi connectivity index (χ0) is 19.2. The van der Waals surface area contributed by atoms with Crippen LogP contribution in [-0.2, 0) is 0 Å². The van der Waals surface area contributed by atoms with Crippen LogP contribution < -0.4 is 0 Å². The Morgan fingerprint density at radius 3 is 0.741 bits per heavy atom. The Balaban J connectivity index is 1.94. The maximum atomic E-state index is 11.5. The Labute approximate surface area is 170 Å². The lowest BCUT2D eigenvalue weighted by molar-refractivity contribution is 0.287. The molecule has 0 radical (unpaired) electrons. The van der Waals surface area contributed by atoms with Crippen LogP contribution in [0.1, 0.15) is 141 Å². The molecular formula is C24H48O2Si.